The molecule has 0 fully saturated rings. The fraction of sp³-hybridized carbons (Fsp3) is 0. The molecule has 0 N–H and O–H groups in total. The Hall–Kier alpha value is -0.167. The molecule has 1 heterocycles. The van der Waals surface area contributed by atoms with Crippen molar-refractivity contribution in [2.75, 3.05) is 0 Å². The molecule has 0 saturated carbocycles. The van der Waals surface area contributed by atoms with Gasteiger partial charge in [-0.05, 0) is 0 Å². The first-order valence-electron chi connectivity index (χ1n) is 1.37. The second-order valence-corrected chi connectivity index (χ2v) is 0.712. The van der Waals surface area contributed by atoms with Gasteiger partial charge in [0.25, 0.3) is 0 Å². The van der Waals surface area contributed by atoms with Crippen LogP contribution in [0.1, 0.15) is 0 Å². The smallest absolute Gasteiger partial charge is 0.450 e. The summed E-state index contributed by atoms with van der Waals surface area (Å²) in [7, 11) is 0. The van der Waals surface area contributed by atoms with Gasteiger partial charge in [0, 0.05) is 0 Å². The first-order valence-corrected chi connectivity index (χ1v) is 1.37. The minimum Gasteiger partial charge on any atom is -0.450 e. The summed E-state index contributed by atoms with van der Waals surface area (Å²) in [5.41, 5.74) is 0. The van der Waals surface area contributed by atoms with Gasteiger partial charge >= 0.3 is 19.5 Å². The Morgan fingerprint density at radius 2 is 2.14 bits per heavy atom. The monoisotopic (exact) mass is 146 g/mol. The molecule has 0 aliphatic heterocycles. The van der Waals surface area contributed by atoms with Crippen LogP contribution in [0.5, 0.6) is 0 Å². The summed E-state index contributed by atoms with van der Waals surface area (Å²) >= 11 is 0. The predicted molar refractivity (Wildman–Crippen MR) is 24.0 cm³/mol. The number of imidazole rings is 1. The average Bonchev–Trinajstić information content (AvgIpc) is 1.76. The summed E-state index contributed by atoms with van der Waals surface area (Å²) in [6.45, 7) is 0. The molecular formula is C4H6N2Zn. The molecule has 0 amide bonds. The molecule has 1 aromatic rings. The topological polar surface area (TPSA) is 27.0 Å². The third kappa shape index (κ3) is 3.67. The van der Waals surface area contributed by atoms with Crippen molar-refractivity contribution in [1.29, 1.82) is 0 Å². The van der Waals surface area contributed by atoms with E-state index in [1.165, 1.54) is 6.33 Å². The number of aromatic nitrogens is 2. The maximum atomic E-state index is 3.61. The van der Waals surface area contributed by atoms with Gasteiger partial charge in [0.05, 0.1) is 0 Å². The minimum absolute atomic E-state index is 0. The van der Waals surface area contributed by atoms with Crippen molar-refractivity contribution in [3.63, 3.8) is 0 Å². The minimum atomic E-state index is 0. The fourth-order valence-corrected chi connectivity index (χ4v) is 0.192. The normalized spacial score (nSPS) is 5.71. The quantitative estimate of drug-likeness (QED) is 0.394. The van der Waals surface area contributed by atoms with Crippen LogP contribution in [0.2, 0.25) is 0 Å². The van der Waals surface area contributed by atoms with E-state index in [9.17, 15) is 0 Å². The van der Waals surface area contributed by atoms with E-state index < -0.39 is 0 Å². The molecule has 0 radical (unpaired) electrons. The molecule has 0 aliphatic rings. The number of rotatable bonds is 0. The average molecular weight is 147 g/mol. The maximum absolute atomic E-state index is 3.61. The molecule has 3 heteroatoms. The van der Waals surface area contributed by atoms with Gasteiger partial charge in [-0.25, -0.2) is 0 Å². The van der Waals surface area contributed by atoms with Gasteiger partial charge in [-0.2, -0.15) is 0 Å². The van der Waals surface area contributed by atoms with Crippen LogP contribution < -0.4 is 4.98 Å². The summed E-state index contributed by atoms with van der Waals surface area (Å²) in [4.78, 5) is 7.22. The summed E-state index contributed by atoms with van der Waals surface area (Å²) in [6, 6.07) is 0. The van der Waals surface area contributed by atoms with Gasteiger partial charge in [-0.3, -0.25) is 0 Å². The Bertz CT molecular complexity index is 66.2. The largest absolute Gasteiger partial charge is 2.00 e. The van der Waals surface area contributed by atoms with Crippen LogP contribution in [-0.4, -0.2) is 4.98 Å². The van der Waals surface area contributed by atoms with Gasteiger partial charge in [-0.15, -0.1) is 0 Å². The van der Waals surface area contributed by atoms with Crippen molar-refractivity contribution >= 4 is 0 Å². The standard InChI is InChI=1S/C3H3N2.CH3.Zn/c1-2-5-3-4-1;;/h1-3H;1H3;/q2*-1;+2. The van der Waals surface area contributed by atoms with Gasteiger partial charge in [-0.1, -0.05) is 18.7 Å². The molecule has 0 aromatic carbocycles. The fourth-order valence-electron chi connectivity index (χ4n) is 0.192. The zero-order valence-corrected chi connectivity index (χ0v) is 7.30. The van der Waals surface area contributed by atoms with Crippen LogP contribution in [0, 0.1) is 7.43 Å². The van der Waals surface area contributed by atoms with Gasteiger partial charge < -0.3 is 17.4 Å². The van der Waals surface area contributed by atoms with Gasteiger partial charge in [0.2, 0.25) is 0 Å². The summed E-state index contributed by atoms with van der Waals surface area (Å²) in [5, 5.41) is 0. The van der Waals surface area contributed by atoms with E-state index in [-0.39, 0.29) is 26.9 Å². The molecule has 1 aromatic heterocycles. The van der Waals surface area contributed by atoms with Crippen LogP contribution in [0.4, 0.5) is 0 Å². The van der Waals surface area contributed by atoms with E-state index in [4.69, 9.17) is 0 Å². The van der Waals surface area contributed by atoms with E-state index in [1.54, 1.807) is 12.4 Å². The third-order valence-corrected chi connectivity index (χ3v) is 0.372. The Balaban J connectivity index is 0. The predicted octanol–water partition coefficient (Wildman–Crippen LogP) is 0.487. The molecule has 0 saturated heterocycles. The summed E-state index contributed by atoms with van der Waals surface area (Å²) < 4.78 is 0. The van der Waals surface area contributed by atoms with Crippen molar-refractivity contribution in [1.82, 2.24) is 9.97 Å². The number of nitrogens with zero attached hydrogens (tertiary/aromatic N) is 2. The molecule has 0 spiro atoms. The second kappa shape index (κ2) is 5.83. The van der Waals surface area contributed by atoms with Crippen LogP contribution in [0.15, 0.2) is 18.7 Å². The molecule has 0 aliphatic carbocycles. The SMILES string of the molecule is [CH3-].[Zn+2].c1c[n-]cn1. The van der Waals surface area contributed by atoms with Crippen molar-refractivity contribution in [2.45, 2.75) is 0 Å². The van der Waals surface area contributed by atoms with Crippen molar-refractivity contribution in [2.24, 2.45) is 0 Å². The molecule has 34 valence electrons. The molecule has 0 unspecified atom stereocenters. The Morgan fingerprint density at radius 1 is 1.43 bits per heavy atom. The van der Waals surface area contributed by atoms with Crippen LogP contribution in [0.25, 0.3) is 0 Å². The van der Waals surface area contributed by atoms with Crippen molar-refractivity contribution in [3.05, 3.63) is 26.1 Å². The van der Waals surface area contributed by atoms with E-state index in [0.717, 1.165) is 0 Å². The molecule has 2 nitrogen and oxygen atoms in total. The van der Waals surface area contributed by atoms with E-state index in [2.05, 4.69) is 9.97 Å². The zero-order chi connectivity index (χ0) is 3.54. The first-order chi connectivity index (χ1) is 2.50. The Morgan fingerprint density at radius 3 is 2.29 bits per heavy atom. The second-order valence-electron chi connectivity index (χ2n) is 0.712. The van der Waals surface area contributed by atoms with Crippen LogP contribution in [0.3, 0.4) is 0 Å². The summed E-state index contributed by atoms with van der Waals surface area (Å²) in [5.74, 6) is 0. The van der Waals surface area contributed by atoms with E-state index in [1.807, 2.05) is 0 Å². The zero-order valence-electron chi connectivity index (χ0n) is 4.33. The van der Waals surface area contributed by atoms with Gasteiger partial charge in [0.1, 0.15) is 0 Å². The molecule has 1 rings (SSSR count). The van der Waals surface area contributed by atoms with Gasteiger partial charge in [0.15, 0.2) is 0 Å². The van der Waals surface area contributed by atoms with Crippen LogP contribution in [-0.2, 0) is 19.5 Å². The van der Waals surface area contributed by atoms with E-state index in [0.29, 0.717) is 0 Å². The third-order valence-electron chi connectivity index (χ3n) is 0.372. The molecule has 0 bridgehead atoms. The van der Waals surface area contributed by atoms with E-state index >= 15 is 0 Å². The first kappa shape index (κ1) is 9.95. The Kier molecular flexibility index (Phi) is 8.29. The van der Waals surface area contributed by atoms with Crippen molar-refractivity contribution < 1.29 is 19.5 Å². The Labute approximate surface area is 56.1 Å². The molecular weight excluding hydrogens is 141 g/mol. The molecule has 7 heavy (non-hydrogen) atoms. The number of hydrogen-bond donors (Lipinski definition) is 0. The molecule has 0 atom stereocenters. The summed E-state index contributed by atoms with van der Waals surface area (Å²) in [6.07, 6.45) is 4.78. The van der Waals surface area contributed by atoms with Crippen LogP contribution >= 0.6 is 0 Å². The van der Waals surface area contributed by atoms with Crippen molar-refractivity contribution in [3.8, 4) is 0 Å². The number of hydrogen-bond acceptors (Lipinski definition) is 1. The maximum Gasteiger partial charge on any atom is 2.00 e.